The number of nitrogens with one attached hydrogen (secondary N) is 1. The molecule has 0 aromatic heterocycles. The molecule has 0 saturated carbocycles. The predicted molar refractivity (Wildman–Crippen MR) is 53.4 cm³/mol. The Morgan fingerprint density at radius 3 is 2.50 bits per heavy atom. The first kappa shape index (κ1) is 13.0. The molecule has 1 N–H and O–H groups in total. The summed E-state index contributed by atoms with van der Waals surface area (Å²) in [6.07, 6.45) is -3.72. The Kier molecular flexibility index (Phi) is 4.29. The lowest BCUT2D eigenvalue weighted by atomic mass is 10.1. The lowest BCUT2D eigenvalue weighted by molar-refractivity contribution is -0.138. The fraction of sp³-hybridized carbons (Fsp3) is 0.455. The molecule has 0 spiro atoms. The van der Waals surface area contributed by atoms with E-state index in [4.69, 9.17) is 0 Å². The van der Waals surface area contributed by atoms with Gasteiger partial charge < -0.3 is 5.32 Å². The number of rotatable bonds is 4. The van der Waals surface area contributed by atoms with Gasteiger partial charge >= 0.3 is 6.18 Å². The summed E-state index contributed by atoms with van der Waals surface area (Å²) in [5, 5.41) is 2.76. The SMILES string of the molecule is CCCNCc1c(F)cccc1C(F)(F)F. The molecule has 1 nitrogen and oxygen atoms in total. The molecule has 0 fully saturated rings. The fourth-order valence-corrected chi connectivity index (χ4v) is 1.39. The third kappa shape index (κ3) is 3.20. The Balaban J connectivity index is 2.95. The maximum atomic E-state index is 13.3. The summed E-state index contributed by atoms with van der Waals surface area (Å²) in [5.74, 6) is -0.821. The van der Waals surface area contributed by atoms with E-state index in [0.717, 1.165) is 24.6 Å². The van der Waals surface area contributed by atoms with Crippen LogP contribution in [0.2, 0.25) is 0 Å². The van der Waals surface area contributed by atoms with Crippen LogP contribution in [0, 0.1) is 5.82 Å². The van der Waals surface area contributed by atoms with Crippen molar-refractivity contribution in [3.8, 4) is 0 Å². The Morgan fingerprint density at radius 2 is 1.94 bits per heavy atom. The highest BCUT2D eigenvalue weighted by atomic mass is 19.4. The molecule has 90 valence electrons. The Morgan fingerprint density at radius 1 is 1.25 bits per heavy atom. The molecule has 0 atom stereocenters. The summed E-state index contributed by atoms with van der Waals surface area (Å²) in [4.78, 5) is 0. The van der Waals surface area contributed by atoms with Gasteiger partial charge in [0.25, 0.3) is 0 Å². The molecule has 0 saturated heterocycles. The van der Waals surface area contributed by atoms with Gasteiger partial charge in [-0.05, 0) is 25.1 Å². The van der Waals surface area contributed by atoms with Gasteiger partial charge in [-0.3, -0.25) is 0 Å². The summed E-state index contributed by atoms with van der Waals surface area (Å²) >= 11 is 0. The highest BCUT2D eigenvalue weighted by Crippen LogP contribution is 2.32. The van der Waals surface area contributed by atoms with Crippen molar-refractivity contribution in [2.24, 2.45) is 0 Å². The average Bonchev–Trinajstić information content (AvgIpc) is 2.19. The molecule has 1 rings (SSSR count). The van der Waals surface area contributed by atoms with Gasteiger partial charge in [0.15, 0.2) is 0 Å². The van der Waals surface area contributed by atoms with Crippen molar-refractivity contribution in [1.29, 1.82) is 0 Å². The molecule has 0 bridgehead atoms. The van der Waals surface area contributed by atoms with E-state index in [9.17, 15) is 17.6 Å². The zero-order valence-electron chi connectivity index (χ0n) is 8.87. The van der Waals surface area contributed by atoms with Crippen molar-refractivity contribution in [3.05, 3.63) is 35.1 Å². The summed E-state index contributed by atoms with van der Waals surface area (Å²) in [6.45, 7) is 2.35. The molecule has 16 heavy (non-hydrogen) atoms. The molecule has 0 radical (unpaired) electrons. The maximum Gasteiger partial charge on any atom is 0.416 e. The van der Waals surface area contributed by atoms with Crippen molar-refractivity contribution in [2.45, 2.75) is 26.1 Å². The number of benzene rings is 1. The lowest BCUT2D eigenvalue weighted by Gasteiger charge is -2.13. The number of alkyl halides is 3. The van der Waals surface area contributed by atoms with E-state index in [2.05, 4.69) is 5.32 Å². The topological polar surface area (TPSA) is 12.0 Å². The van der Waals surface area contributed by atoms with Crippen LogP contribution in [0.5, 0.6) is 0 Å². The van der Waals surface area contributed by atoms with Gasteiger partial charge in [-0.1, -0.05) is 13.0 Å². The highest BCUT2D eigenvalue weighted by Gasteiger charge is 2.34. The Labute approximate surface area is 91.5 Å². The van der Waals surface area contributed by atoms with Gasteiger partial charge in [-0.25, -0.2) is 4.39 Å². The zero-order valence-corrected chi connectivity index (χ0v) is 8.87. The van der Waals surface area contributed by atoms with Crippen LogP contribution in [0.3, 0.4) is 0 Å². The first-order valence-corrected chi connectivity index (χ1v) is 5.02. The first-order valence-electron chi connectivity index (χ1n) is 5.02. The molecule has 5 heteroatoms. The van der Waals surface area contributed by atoms with Crippen LogP contribution in [-0.4, -0.2) is 6.54 Å². The number of halogens is 4. The minimum absolute atomic E-state index is 0.102. The van der Waals surface area contributed by atoms with E-state index in [1.807, 2.05) is 6.92 Å². The van der Waals surface area contributed by atoms with Crippen molar-refractivity contribution >= 4 is 0 Å². The second-order valence-electron chi connectivity index (χ2n) is 3.44. The molecule has 1 aromatic rings. The quantitative estimate of drug-likeness (QED) is 0.623. The lowest BCUT2D eigenvalue weighted by Crippen LogP contribution is -2.19. The normalized spacial score (nSPS) is 11.8. The predicted octanol–water partition coefficient (Wildman–Crippen LogP) is 3.34. The van der Waals surface area contributed by atoms with Gasteiger partial charge in [0.1, 0.15) is 5.82 Å². The molecule has 0 unspecified atom stereocenters. The Hall–Kier alpha value is -1.10. The van der Waals surface area contributed by atoms with E-state index in [0.29, 0.717) is 6.54 Å². The van der Waals surface area contributed by atoms with E-state index >= 15 is 0 Å². The summed E-state index contributed by atoms with van der Waals surface area (Å²) in [5.41, 5.74) is -1.22. The second-order valence-corrected chi connectivity index (χ2v) is 3.44. The van der Waals surface area contributed by atoms with Gasteiger partial charge in [-0.2, -0.15) is 13.2 Å². The minimum Gasteiger partial charge on any atom is -0.313 e. The van der Waals surface area contributed by atoms with E-state index in [1.54, 1.807) is 0 Å². The molecule has 0 aliphatic carbocycles. The molecular formula is C11H13F4N. The summed E-state index contributed by atoms with van der Waals surface area (Å²) < 4.78 is 50.9. The van der Waals surface area contributed by atoms with E-state index in [-0.39, 0.29) is 12.1 Å². The monoisotopic (exact) mass is 235 g/mol. The van der Waals surface area contributed by atoms with Crippen molar-refractivity contribution in [2.75, 3.05) is 6.54 Å². The van der Waals surface area contributed by atoms with Crippen LogP contribution < -0.4 is 5.32 Å². The van der Waals surface area contributed by atoms with Crippen LogP contribution in [0.15, 0.2) is 18.2 Å². The second kappa shape index (κ2) is 5.30. The van der Waals surface area contributed by atoms with Crippen LogP contribution >= 0.6 is 0 Å². The van der Waals surface area contributed by atoms with E-state index in [1.165, 1.54) is 0 Å². The number of hydrogen-bond donors (Lipinski definition) is 1. The van der Waals surface area contributed by atoms with Gasteiger partial charge in [0.05, 0.1) is 5.56 Å². The number of hydrogen-bond acceptors (Lipinski definition) is 1. The van der Waals surface area contributed by atoms with E-state index < -0.39 is 17.6 Å². The minimum atomic E-state index is -4.51. The molecule has 0 amide bonds. The average molecular weight is 235 g/mol. The third-order valence-electron chi connectivity index (χ3n) is 2.15. The summed E-state index contributed by atoms with van der Waals surface area (Å²) in [7, 11) is 0. The standard InChI is InChI=1S/C11H13F4N/c1-2-6-16-7-8-9(11(13,14)15)4-3-5-10(8)12/h3-5,16H,2,6-7H2,1H3. The third-order valence-corrected chi connectivity index (χ3v) is 2.15. The van der Waals surface area contributed by atoms with Gasteiger partial charge in [0, 0.05) is 12.1 Å². The fourth-order valence-electron chi connectivity index (χ4n) is 1.39. The molecule has 1 aromatic carbocycles. The molecule has 0 heterocycles. The molecular weight excluding hydrogens is 222 g/mol. The maximum absolute atomic E-state index is 13.3. The molecule has 0 aliphatic heterocycles. The largest absolute Gasteiger partial charge is 0.416 e. The highest BCUT2D eigenvalue weighted by molar-refractivity contribution is 5.31. The zero-order chi connectivity index (χ0) is 12.2. The van der Waals surface area contributed by atoms with Crippen molar-refractivity contribution in [1.82, 2.24) is 5.32 Å². The van der Waals surface area contributed by atoms with Crippen molar-refractivity contribution < 1.29 is 17.6 Å². The molecule has 0 aliphatic rings. The van der Waals surface area contributed by atoms with Crippen LogP contribution in [-0.2, 0) is 12.7 Å². The smallest absolute Gasteiger partial charge is 0.313 e. The first-order chi connectivity index (χ1) is 7.46. The van der Waals surface area contributed by atoms with Crippen molar-refractivity contribution in [3.63, 3.8) is 0 Å². The van der Waals surface area contributed by atoms with Crippen LogP contribution in [0.25, 0.3) is 0 Å². The summed E-state index contributed by atoms with van der Waals surface area (Å²) in [6, 6.07) is 3.01. The van der Waals surface area contributed by atoms with Gasteiger partial charge in [0.2, 0.25) is 0 Å². The van der Waals surface area contributed by atoms with Gasteiger partial charge in [-0.15, -0.1) is 0 Å². The Bertz CT molecular complexity index is 346. The van der Waals surface area contributed by atoms with Crippen LogP contribution in [0.4, 0.5) is 17.6 Å². The van der Waals surface area contributed by atoms with Crippen LogP contribution in [0.1, 0.15) is 24.5 Å².